The highest BCUT2D eigenvalue weighted by Gasteiger charge is 2.20. The van der Waals surface area contributed by atoms with E-state index in [-0.39, 0.29) is 11.7 Å². The van der Waals surface area contributed by atoms with Gasteiger partial charge in [-0.25, -0.2) is 4.39 Å². The third-order valence-electron chi connectivity index (χ3n) is 4.31. The van der Waals surface area contributed by atoms with Crippen molar-refractivity contribution in [2.45, 2.75) is 26.4 Å². The minimum absolute atomic E-state index is 0.131. The van der Waals surface area contributed by atoms with E-state index in [1.807, 2.05) is 56.3 Å². The van der Waals surface area contributed by atoms with Crippen LogP contribution in [0.15, 0.2) is 72.8 Å². The van der Waals surface area contributed by atoms with Crippen LogP contribution in [0.25, 0.3) is 0 Å². The van der Waals surface area contributed by atoms with Crippen molar-refractivity contribution in [3.63, 3.8) is 0 Å². The van der Waals surface area contributed by atoms with Crippen LogP contribution < -0.4 is 10.6 Å². The molecule has 0 fully saturated rings. The maximum absolute atomic E-state index is 13.1. The maximum atomic E-state index is 13.1. The smallest absolute Gasteiger partial charge is 0.246 e. The Balaban J connectivity index is 1.78. The molecule has 0 aliphatic heterocycles. The first-order valence-corrected chi connectivity index (χ1v) is 8.93. The number of rotatable bonds is 6. The van der Waals surface area contributed by atoms with Crippen LogP contribution in [0, 0.1) is 19.7 Å². The second kappa shape index (κ2) is 8.60. The number of benzene rings is 3. The average molecular weight is 362 g/mol. The fourth-order valence-electron chi connectivity index (χ4n) is 3.09. The Morgan fingerprint density at radius 3 is 2.19 bits per heavy atom. The van der Waals surface area contributed by atoms with Gasteiger partial charge in [-0.2, -0.15) is 0 Å². The number of aryl methyl sites for hydroxylation is 2. The van der Waals surface area contributed by atoms with Crippen LogP contribution in [-0.2, 0) is 11.3 Å². The van der Waals surface area contributed by atoms with E-state index in [1.165, 1.54) is 12.1 Å². The second-order valence-corrected chi connectivity index (χ2v) is 6.72. The first-order valence-electron chi connectivity index (χ1n) is 8.93. The molecule has 27 heavy (non-hydrogen) atoms. The quantitative estimate of drug-likeness (QED) is 0.654. The lowest BCUT2D eigenvalue weighted by Gasteiger charge is -2.19. The molecule has 1 amide bonds. The molecule has 4 heteroatoms. The van der Waals surface area contributed by atoms with Crippen molar-refractivity contribution in [3.05, 3.63) is 101 Å². The Bertz CT molecular complexity index is 887. The lowest BCUT2D eigenvalue weighted by molar-refractivity contribution is -0.118. The Labute approximate surface area is 159 Å². The van der Waals surface area contributed by atoms with Crippen LogP contribution in [0.5, 0.6) is 0 Å². The average Bonchev–Trinajstić information content (AvgIpc) is 2.63. The van der Waals surface area contributed by atoms with Crippen molar-refractivity contribution in [2.75, 3.05) is 5.32 Å². The monoisotopic (exact) mass is 362 g/mol. The molecule has 3 nitrogen and oxygen atoms in total. The minimum Gasteiger partial charge on any atom is -0.324 e. The summed E-state index contributed by atoms with van der Waals surface area (Å²) in [5.41, 5.74) is 4.77. The number of hydrogen-bond acceptors (Lipinski definition) is 2. The molecule has 0 aromatic heterocycles. The molecule has 0 aliphatic rings. The Kier molecular flexibility index (Phi) is 5.99. The number of nitrogens with one attached hydrogen (secondary N) is 2. The van der Waals surface area contributed by atoms with Crippen LogP contribution in [0.3, 0.4) is 0 Å². The number of hydrogen-bond donors (Lipinski definition) is 2. The maximum Gasteiger partial charge on any atom is 0.246 e. The highest BCUT2D eigenvalue weighted by atomic mass is 19.1. The number of halogens is 1. The lowest BCUT2D eigenvalue weighted by atomic mass is 10.0. The molecule has 2 N–H and O–H groups in total. The molecule has 0 saturated heterocycles. The summed E-state index contributed by atoms with van der Waals surface area (Å²) in [6, 6.07) is 21.3. The highest BCUT2D eigenvalue weighted by Crippen LogP contribution is 2.19. The highest BCUT2D eigenvalue weighted by molar-refractivity contribution is 5.95. The van der Waals surface area contributed by atoms with Gasteiger partial charge in [0.1, 0.15) is 11.9 Å². The van der Waals surface area contributed by atoms with E-state index in [1.54, 1.807) is 12.1 Å². The van der Waals surface area contributed by atoms with Crippen LogP contribution >= 0.6 is 0 Å². The molecule has 0 bridgehead atoms. The minimum atomic E-state index is -0.517. The zero-order valence-electron chi connectivity index (χ0n) is 15.5. The third kappa shape index (κ3) is 5.25. The molecule has 0 spiro atoms. The van der Waals surface area contributed by atoms with Crippen molar-refractivity contribution in [1.29, 1.82) is 0 Å². The first-order chi connectivity index (χ1) is 13.0. The second-order valence-electron chi connectivity index (χ2n) is 6.72. The molecule has 138 valence electrons. The summed E-state index contributed by atoms with van der Waals surface area (Å²) in [7, 11) is 0. The van der Waals surface area contributed by atoms with E-state index >= 15 is 0 Å². The summed E-state index contributed by atoms with van der Waals surface area (Å²) in [6.07, 6.45) is 0. The zero-order valence-corrected chi connectivity index (χ0v) is 15.5. The Morgan fingerprint density at radius 2 is 1.56 bits per heavy atom. The topological polar surface area (TPSA) is 41.1 Å². The fourth-order valence-corrected chi connectivity index (χ4v) is 3.09. The third-order valence-corrected chi connectivity index (χ3v) is 4.31. The molecule has 1 atom stereocenters. The van der Waals surface area contributed by atoms with Gasteiger partial charge in [0.05, 0.1) is 0 Å². The number of carbonyl (C=O) groups excluding carboxylic acids is 1. The molecule has 3 rings (SSSR count). The lowest BCUT2D eigenvalue weighted by Crippen LogP contribution is -2.32. The molecule has 1 unspecified atom stereocenters. The van der Waals surface area contributed by atoms with Gasteiger partial charge >= 0.3 is 0 Å². The van der Waals surface area contributed by atoms with E-state index in [9.17, 15) is 9.18 Å². The normalized spacial score (nSPS) is 11.8. The van der Waals surface area contributed by atoms with Gasteiger partial charge in [0, 0.05) is 12.2 Å². The molecule has 0 radical (unpaired) electrons. The molecule has 3 aromatic rings. The zero-order chi connectivity index (χ0) is 19.2. The van der Waals surface area contributed by atoms with Crippen molar-refractivity contribution in [3.8, 4) is 0 Å². The van der Waals surface area contributed by atoms with Gasteiger partial charge in [-0.05, 0) is 60.4 Å². The number of anilines is 1. The van der Waals surface area contributed by atoms with Gasteiger partial charge in [-0.3, -0.25) is 10.1 Å². The number of carbonyl (C=O) groups is 1. The summed E-state index contributed by atoms with van der Waals surface area (Å²) >= 11 is 0. The van der Waals surface area contributed by atoms with E-state index < -0.39 is 6.04 Å². The summed E-state index contributed by atoms with van der Waals surface area (Å²) in [5.74, 6) is -0.403. The molecule has 0 saturated carbocycles. The standard InChI is InChI=1S/C23H23FN2O/c1-16-12-17(2)14-21(13-16)26-23(27)22(19-6-4-3-5-7-19)25-15-18-8-10-20(24)11-9-18/h3-14,22,25H,15H2,1-2H3,(H,26,27). The van der Waals surface area contributed by atoms with Crippen LogP contribution in [0.2, 0.25) is 0 Å². The Hall–Kier alpha value is -2.98. The van der Waals surface area contributed by atoms with Gasteiger partial charge in [0.2, 0.25) is 5.91 Å². The van der Waals surface area contributed by atoms with Crippen molar-refractivity contribution >= 4 is 11.6 Å². The summed E-state index contributed by atoms with van der Waals surface area (Å²) in [4.78, 5) is 13.0. The molecule has 0 heterocycles. The van der Waals surface area contributed by atoms with Crippen LogP contribution in [-0.4, -0.2) is 5.91 Å². The van der Waals surface area contributed by atoms with Crippen LogP contribution in [0.1, 0.15) is 28.3 Å². The summed E-state index contributed by atoms with van der Waals surface area (Å²) in [6.45, 7) is 4.47. The van der Waals surface area contributed by atoms with Crippen molar-refractivity contribution < 1.29 is 9.18 Å². The molecule has 0 aliphatic carbocycles. The van der Waals surface area contributed by atoms with E-state index in [0.717, 1.165) is 27.9 Å². The molecular formula is C23H23FN2O. The van der Waals surface area contributed by atoms with E-state index in [2.05, 4.69) is 16.7 Å². The molecular weight excluding hydrogens is 339 g/mol. The van der Waals surface area contributed by atoms with E-state index in [0.29, 0.717) is 6.54 Å². The summed E-state index contributed by atoms with van der Waals surface area (Å²) < 4.78 is 13.1. The van der Waals surface area contributed by atoms with Crippen LogP contribution in [0.4, 0.5) is 10.1 Å². The largest absolute Gasteiger partial charge is 0.324 e. The first kappa shape index (κ1) is 18.8. The van der Waals surface area contributed by atoms with Crippen molar-refractivity contribution in [2.24, 2.45) is 0 Å². The van der Waals surface area contributed by atoms with Gasteiger partial charge < -0.3 is 5.32 Å². The predicted octanol–water partition coefficient (Wildman–Crippen LogP) is 4.91. The SMILES string of the molecule is Cc1cc(C)cc(NC(=O)C(NCc2ccc(F)cc2)c2ccccc2)c1. The fraction of sp³-hybridized carbons (Fsp3) is 0.174. The van der Waals surface area contributed by atoms with E-state index in [4.69, 9.17) is 0 Å². The summed E-state index contributed by atoms with van der Waals surface area (Å²) in [5, 5.41) is 6.29. The van der Waals surface area contributed by atoms with Crippen molar-refractivity contribution in [1.82, 2.24) is 5.32 Å². The van der Waals surface area contributed by atoms with Gasteiger partial charge in [-0.15, -0.1) is 0 Å². The predicted molar refractivity (Wildman–Crippen MR) is 107 cm³/mol. The van der Waals surface area contributed by atoms with Gasteiger partial charge in [0.25, 0.3) is 0 Å². The number of amides is 1. The molecule has 3 aromatic carbocycles. The van der Waals surface area contributed by atoms with Gasteiger partial charge in [-0.1, -0.05) is 48.5 Å². The Morgan fingerprint density at radius 1 is 0.926 bits per heavy atom. The van der Waals surface area contributed by atoms with Gasteiger partial charge in [0.15, 0.2) is 0 Å².